The van der Waals surface area contributed by atoms with E-state index in [0.717, 1.165) is 11.6 Å². The van der Waals surface area contributed by atoms with Crippen molar-refractivity contribution in [3.8, 4) is 0 Å². The number of primary sulfonamides is 1. The molecule has 9 heteroatoms. The summed E-state index contributed by atoms with van der Waals surface area (Å²) in [5, 5.41) is 16.4. The number of nitrogens with zero attached hydrogens (tertiary/aromatic N) is 3. The van der Waals surface area contributed by atoms with Gasteiger partial charge in [0.1, 0.15) is 5.69 Å². The van der Waals surface area contributed by atoms with Crippen LogP contribution in [0.2, 0.25) is 0 Å². The Hall–Kier alpha value is -2.52. The molecule has 2 aromatic rings. The molecule has 23 heavy (non-hydrogen) atoms. The summed E-state index contributed by atoms with van der Waals surface area (Å²) >= 11 is 0. The number of nitrogens with two attached hydrogens (primary N) is 1. The molecule has 0 radical (unpaired) electrons. The number of hydrogen-bond acceptors (Lipinski definition) is 6. The Bertz CT molecular complexity index is 809. The Morgan fingerprint density at radius 2 is 1.91 bits per heavy atom. The Labute approximate surface area is 133 Å². The summed E-state index contributed by atoms with van der Waals surface area (Å²) in [5.74, 6) is 0. The fraction of sp³-hybridized carbons (Fsp3) is 0.214. The maximum Gasteiger partial charge on any atom is 0.312 e. The van der Waals surface area contributed by atoms with Crippen LogP contribution in [0.5, 0.6) is 0 Å². The third-order valence-corrected chi connectivity index (χ3v) is 4.31. The maximum atomic E-state index is 11.6. The highest BCUT2D eigenvalue weighted by molar-refractivity contribution is 7.89. The molecule has 0 fully saturated rings. The number of likely N-dealkylation sites (N-methyl/N-ethyl adjacent to an activating group) is 1. The third kappa shape index (κ3) is 4.02. The van der Waals surface area contributed by atoms with Gasteiger partial charge >= 0.3 is 5.69 Å². The Morgan fingerprint density at radius 3 is 2.48 bits per heavy atom. The van der Waals surface area contributed by atoms with Gasteiger partial charge in [-0.3, -0.25) is 15.1 Å². The van der Waals surface area contributed by atoms with Gasteiger partial charge in [0, 0.05) is 26.0 Å². The number of aromatic nitrogens is 1. The summed E-state index contributed by atoms with van der Waals surface area (Å²) in [6, 6.07) is 7.77. The molecule has 0 bridgehead atoms. The minimum absolute atomic E-state index is 0.204. The Morgan fingerprint density at radius 1 is 1.26 bits per heavy atom. The van der Waals surface area contributed by atoms with E-state index in [9.17, 15) is 18.5 Å². The number of nitro benzene ring substituents is 1. The third-order valence-electron chi connectivity index (χ3n) is 3.36. The molecule has 122 valence electrons. The van der Waals surface area contributed by atoms with Crippen molar-refractivity contribution in [3.05, 3.63) is 58.4 Å². The van der Waals surface area contributed by atoms with E-state index in [2.05, 4.69) is 4.98 Å². The minimum atomic E-state index is -4.18. The van der Waals surface area contributed by atoms with Gasteiger partial charge in [0.25, 0.3) is 0 Å². The average molecular weight is 336 g/mol. The molecule has 8 nitrogen and oxygen atoms in total. The van der Waals surface area contributed by atoms with E-state index in [-0.39, 0.29) is 5.69 Å². The van der Waals surface area contributed by atoms with E-state index in [4.69, 9.17) is 5.14 Å². The predicted octanol–water partition coefficient (Wildman–Crippen LogP) is 1.32. The van der Waals surface area contributed by atoms with Crippen LogP contribution in [-0.2, 0) is 16.4 Å². The topological polar surface area (TPSA) is 119 Å². The lowest BCUT2D eigenvalue weighted by Crippen LogP contribution is -2.23. The molecule has 0 unspecified atom stereocenters. The van der Waals surface area contributed by atoms with E-state index < -0.39 is 25.5 Å². The van der Waals surface area contributed by atoms with Crippen molar-refractivity contribution in [2.45, 2.75) is 11.3 Å². The summed E-state index contributed by atoms with van der Waals surface area (Å²) in [4.78, 5) is 15.7. The van der Waals surface area contributed by atoms with E-state index in [1.807, 2.05) is 12.1 Å². The van der Waals surface area contributed by atoms with E-state index in [1.54, 1.807) is 24.3 Å². The molecule has 0 aliphatic heterocycles. The molecular formula is C14H16N4O4S. The van der Waals surface area contributed by atoms with E-state index in [1.165, 1.54) is 12.1 Å². The highest BCUT2D eigenvalue weighted by atomic mass is 32.2. The van der Waals surface area contributed by atoms with Gasteiger partial charge in [-0.2, -0.15) is 0 Å². The number of hydrogen-bond donors (Lipinski definition) is 1. The largest absolute Gasteiger partial charge is 0.369 e. The van der Waals surface area contributed by atoms with Crippen molar-refractivity contribution in [2.24, 2.45) is 5.14 Å². The Balaban J connectivity index is 2.33. The summed E-state index contributed by atoms with van der Waals surface area (Å²) in [6.45, 7) is 0.471. The molecule has 0 amide bonds. The van der Waals surface area contributed by atoms with Gasteiger partial charge in [-0.05, 0) is 36.2 Å². The van der Waals surface area contributed by atoms with Crippen molar-refractivity contribution in [3.63, 3.8) is 0 Å². The number of nitro groups is 1. The maximum absolute atomic E-state index is 11.6. The molecule has 1 aromatic heterocycles. The quantitative estimate of drug-likeness (QED) is 0.627. The van der Waals surface area contributed by atoms with E-state index >= 15 is 0 Å². The highest BCUT2D eigenvalue weighted by Crippen LogP contribution is 2.33. The average Bonchev–Trinajstić information content (AvgIpc) is 2.52. The lowest BCUT2D eigenvalue weighted by Gasteiger charge is -2.20. The normalized spacial score (nSPS) is 11.2. The van der Waals surface area contributed by atoms with Crippen LogP contribution in [0.25, 0.3) is 0 Å². The second-order valence-corrected chi connectivity index (χ2v) is 6.48. The van der Waals surface area contributed by atoms with Crippen molar-refractivity contribution in [2.75, 3.05) is 18.5 Å². The summed E-state index contributed by atoms with van der Waals surface area (Å²) in [7, 11) is -2.52. The lowest BCUT2D eigenvalue weighted by molar-refractivity contribution is -0.387. The van der Waals surface area contributed by atoms with Crippen LogP contribution in [0.4, 0.5) is 11.4 Å². The van der Waals surface area contributed by atoms with Crippen LogP contribution in [0.15, 0.2) is 47.6 Å². The van der Waals surface area contributed by atoms with Gasteiger partial charge in [-0.1, -0.05) is 6.07 Å². The number of sulfonamides is 1. The van der Waals surface area contributed by atoms with Crippen LogP contribution in [-0.4, -0.2) is 31.9 Å². The second-order valence-electron chi connectivity index (χ2n) is 4.95. The first-order valence-corrected chi connectivity index (χ1v) is 8.25. The molecule has 0 spiro atoms. The lowest BCUT2D eigenvalue weighted by atomic mass is 10.2. The number of pyridine rings is 1. The van der Waals surface area contributed by atoms with Gasteiger partial charge < -0.3 is 4.90 Å². The van der Waals surface area contributed by atoms with Crippen LogP contribution in [0.1, 0.15) is 5.56 Å². The van der Waals surface area contributed by atoms with Crippen molar-refractivity contribution in [1.82, 2.24) is 4.98 Å². The smallest absolute Gasteiger partial charge is 0.312 e. The van der Waals surface area contributed by atoms with Gasteiger partial charge in [-0.25, -0.2) is 13.6 Å². The van der Waals surface area contributed by atoms with Crippen LogP contribution >= 0.6 is 0 Å². The first kappa shape index (κ1) is 16.8. The Kier molecular flexibility index (Phi) is 4.92. The van der Waals surface area contributed by atoms with Crippen molar-refractivity contribution in [1.29, 1.82) is 0 Å². The zero-order valence-electron chi connectivity index (χ0n) is 12.4. The number of para-hydroxylation sites is 1. The zero-order valence-corrected chi connectivity index (χ0v) is 13.2. The number of rotatable bonds is 6. The summed E-state index contributed by atoms with van der Waals surface area (Å²) in [5.41, 5.74) is 0.722. The fourth-order valence-electron chi connectivity index (χ4n) is 2.20. The van der Waals surface area contributed by atoms with Gasteiger partial charge in [0.05, 0.1) is 4.92 Å². The second kappa shape index (κ2) is 6.71. The zero-order chi connectivity index (χ0) is 17.0. The van der Waals surface area contributed by atoms with Crippen LogP contribution < -0.4 is 10.0 Å². The first-order valence-electron chi connectivity index (χ1n) is 6.71. The van der Waals surface area contributed by atoms with Crippen LogP contribution in [0, 0.1) is 10.1 Å². The molecule has 2 N–H and O–H groups in total. The molecule has 0 aliphatic carbocycles. The van der Waals surface area contributed by atoms with Gasteiger partial charge in [0.2, 0.25) is 10.0 Å². The first-order chi connectivity index (χ1) is 10.8. The van der Waals surface area contributed by atoms with E-state index in [0.29, 0.717) is 13.0 Å². The molecule has 1 aromatic carbocycles. The van der Waals surface area contributed by atoms with Gasteiger partial charge in [0.15, 0.2) is 4.90 Å². The molecular weight excluding hydrogens is 320 g/mol. The highest BCUT2D eigenvalue weighted by Gasteiger charge is 2.28. The monoisotopic (exact) mass is 336 g/mol. The number of benzene rings is 1. The minimum Gasteiger partial charge on any atom is -0.369 e. The molecule has 0 saturated heterocycles. The summed E-state index contributed by atoms with van der Waals surface area (Å²) in [6.07, 6.45) is 3.97. The molecule has 1 heterocycles. The molecule has 2 rings (SSSR count). The predicted molar refractivity (Wildman–Crippen MR) is 85.7 cm³/mol. The molecule has 0 saturated carbocycles. The molecule has 0 aliphatic rings. The summed E-state index contributed by atoms with van der Waals surface area (Å²) < 4.78 is 23.1. The van der Waals surface area contributed by atoms with Crippen LogP contribution in [0.3, 0.4) is 0 Å². The van der Waals surface area contributed by atoms with Crippen molar-refractivity contribution >= 4 is 21.4 Å². The van der Waals surface area contributed by atoms with Crippen molar-refractivity contribution < 1.29 is 13.3 Å². The van der Waals surface area contributed by atoms with Gasteiger partial charge in [-0.15, -0.1) is 0 Å². The number of anilines is 1. The fourth-order valence-corrected chi connectivity index (χ4v) is 2.92. The molecule has 0 atom stereocenters. The standard InChI is InChI=1S/C14H16N4O4S/c1-17(10-7-11-5-8-16-9-6-11)12-3-2-4-13(23(15,21)22)14(12)18(19)20/h2-6,8-9H,7,10H2,1H3,(H2,15,21,22). The SMILES string of the molecule is CN(CCc1ccncc1)c1cccc(S(N)(=O)=O)c1[N+](=O)[O-].